The van der Waals surface area contributed by atoms with Crippen LogP contribution in [0.3, 0.4) is 0 Å². The summed E-state index contributed by atoms with van der Waals surface area (Å²) in [5.74, 6) is 2.26. The second kappa shape index (κ2) is 5.96. The molecule has 6 heteroatoms. The number of carbonyl (C=O) groups is 1. The molecule has 2 aliphatic rings. The number of hydrogen-bond donors (Lipinski definition) is 1. The van der Waals surface area contributed by atoms with Crippen molar-refractivity contribution in [2.75, 3.05) is 24.7 Å². The summed E-state index contributed by atoms with van der Waals surface area (Å²) in [7, 11) is 0. The summed E-state index contributed by atoms with van der Waals surface area (Å²) < 4.78 is 5.69. The quantitative estimate of drug-likeness (QED) is 0.909. The Balaban J connectivity index is 1.72. The standard InChI is InChI=1S/C13H19N3O2S/c17-13(10-6-14-15-7-10)16(11-3-5-19-9-11)8-12-2-1-4-18-12/h6-7,11-12H,1-5,8-9H2,(H,14,15). The molecule has 0 radical (unpaired) electrons. The first-order valence-corrected chi connectivity index (χ1v) is 7.99. The Morgan fingerprint density at radius 2 is 2.53 bits per heavy atom. The maximum atomic E-state index is 12.6. The molecular formula is C13H19N3O2S. The van der Waals surface area contributed by atoms with Crippen LogP contribution in [0.4, 0.5) is 0 Å². The van der Waals surface area contributed by atoms with Gasteiger partial charge < -0.3 is 9.64 Å². The molecule has 1 N–H and O–H groups in total. The van der Waals surface area contributed by atoms with Crippen LogP contribution >= 0.6 is 11.8 Å². The minimum Gasteiger partial charge on any atom is -0.376 e. The summed E-state index contributed by atoms with van der Waals surface area (Å²) in [4.78, 5) is 14.6. The van der Waals surface area contributed by atoms with Gasteiger partial charge in [-0.3, -0.25) is 9.89 Å². The van der Waals surface area contributed by atoms with Crippen LogP contribution in [0.25, 0.3) is 0 Å². The molecule has 3 rings (SSSR count). The van der Waals surface area contributed by atoms with Crippen molar-refractivity contribution < 1.29 is 9.53 Å². The second-order valence-corrected chi connectivity index (χ2v) is 6.25. The van der Waals surface area contributed by atoms with E-state index in [2.05, 4.69) is 10.2 Å². The predicted molar refractivity (Wildman–Crippen MR) is 74.3 cm³/mol. The first-order chi connectivity index (χ1) is 9.34. The molecule has 0 bridgehead atoms. The van der Waals surface area contributed by atoms with Crippen molar-refractivity contribution >= 4 is 17.7 Å². The van der Waals surface area contributed by atoms with Crippen molar-refractivity contribution in [2.24, 2.45) is 0 Å². The third-order valence-electron chi connectivity index (χ3n) is 3.78. The van der Waals surface area contributed by atoms with E-state index in [0.29, 0.717) is 11.6 Å². The van der Waals surface area contributed by atoms with Crippen LogP contribution in [0.2, 0.25) is 0 Å². The molecule has 19 heavy (non-hydrogen) atoms. The van der Waals surface area contributed by atoms with Gasteiger partial charge in [0.15, 0.2) is 0 Å². The van der Waals surface area contributed by atoms with E-state index in [1.54, 1.807) is 12.4 Å². The van der Waals surface area contributed by atoms with Crippen LogP contribution in [0, 0.1) is 0 Å². The van der Waals surface area contributed by atoms with E-state index in [4.69, 9.17) is 4.74 Å². The first-order valence-electron chi connectivity index (χ1n) is 6.83. The monoisotopic (exact) mass is 281 g/mol. The zero-order valence-corrected chi connectivity index (χ0v) is 11.7. The Kier molecular flexibility index (Phi) is 4.08. The van der Waals surface area contributed by atoms with Crippen molar-refractivity contribution in [1.29, 1.82) is 0 Å². The molecule has 5 nitrogen and oxygen atoms in total. The Labute approximate surface area is 117 Å². The van der Waals surface area contributed by atoms with Gasteiger partial charge in [0.2, 0.25) is 0 Å². The van der Waals surface area contributed by atoms with E-state index in [1.165, 1.54) is 0 Å². The molecule has 2 unspecified atom stereocenters. The summed E-state index contributed by atoms with van der Waals surface area (Å²) in [5, 5.41) is 6.59. The summed E-state index contributed by atoms with van der Waals surface area (Å²) in [5.41, 5.74) is 0.648. The third-order valence-corrected chi connectivity index (χ3v) is 4.92. The van der Waals surface area contributed by atoms with Crippen LogP contribution in [0.15, 0.2) is 12.4 Å². The highest BCUT2D eigenvalue weighted by atomic mass is 32.2. The summed E-state index contributed by atoms with van der Waals surface area (Å²) in [6, 6.07) is 0.344. The van der Waals surface area contributed by atoms with Crippen LogP contribution < -0.4 is 0 Å². The number of H-pyrrole nitrogens is 1. The highest BCUT2D eigenvalue weighted by Crippen LogP contribution is 2.25. The first kappa shape index (κ1) is 13.0. The lowest BCUT2D eigenvalue weighted by molar-refractivity contribution is 0.0442. The van der Waals surface area contributed by atoms with E-state index in [0.717, 1.165) is 43.9 Å². The zero-order chi connectivity index (χ0) is 13.1. The minimum absolute atomic E-state index is 0.0803. The Bertz CT molecular complexity index is 412. The Hall–Kier alpha value is -1.01. The van der Waals surface area contributed by atoms with Crippen LogP contribution in [0.1, 0.15) is 29.6 Å². The Morgan fingerprint density at radius 3 is 3.16 bits per heavy atom. The molecule has 1 aromatic rings. The fourth-order valence-corrected chi connectivity index (χ4v) is 3.93. The normalized spacial score (nSPS) is 26.7. The molecule has 2 saturated heterocycles. The van der Waals surface area contributed by atoms with Crippen molar-refractivity contribution in [3.05, 3.63) is 18.0 Å². The molecule has 0 saturated carbocycles. The minimum atomic E-state index is 0.0803. The molecule has 3 heterocycles. The molecule has 2 aliphatic heterocycles. The lowest BCUT2D eigenvalue weighted by Gasteiger charge is -2.30. The van der Waals surface area contributed by atoms with Crippen molar-refractivity contribution in [1.82, 2.24) is 15.1 Å². The number of nitrogens with one attached hydrogen (secondary N) is 1. The van der Waals surface area contributed by atoms with E-state index < -0.39 is 0 Å². The van der Waals surface area contributed by atoms with Crippen LogP contribution in [-0.2, 0) is 4.74 Å². The third kappa shape index (κ3) is 2.95. The van der Waals surface area contributed by atoms with Gasteiger partial charge in [-0.1, -0.05) is 0 Å². The van der Waals surface area contributed by atoms with Gasteiger partial charge >= 0.3 is 0 Å². The van der Waals surface area contributed by atoms with Crippen molar-refractivity contribution in [3.8, 4) is 0 Å². The van der Waals surface area contributed by atoms with Crippen LogP contribution in [-0.4, -0.2) is 57.8 Å². The van der Waals surface area contributed by atoms with Gasteiger partial charge in [0.1, 0.15) is 0 Å². The average molecular weight is 281 g/mol. The molecule has 1 amide bonds. The van der Waals surface area contributed by atoms with Crippen LogP contribution in [0.5, 0.6) is 0 Å². The summed E-state index contributed by atoms with van der Waals surface area (Å²) in [6.07, 6.45) is 6.75. The summed E-state index contributed by atoms with van der Waals surface area (Å²) >= 11 is 1.92. The van der Waals surface area contributed by atoms with Gasteiger partial charge in [-0.2, -0.15) is 16.9 Å². The molecular weight excluding hydrogens is 262 g/mol. The molecule has 1 aromatic heterocycles. The smallest absolute Gasteiger partial charge is 0.257 e. The van der Waals surface area contributed by atoms with Gasteiger partial charge in [0.05, 0.1) is 17.9 Å². The maximum absolute atomic E-state index is 12.6. The van der Waals surface area contributed by atoms with E-state index in [1.807, 2.05) is 16.7 Å². The van der Waals surface area contributed by atoms with Gasteiger partial charge in [0, 0.05) is 31.1 Å². The molecule has 104 valence electrons. The molecule has 2 atom stereocenters. The maximum Gasteiger partial charge on any atom is 0.257 e. The lowest BCUT2D eigenvalue weighted by Crippen LogP contribution is -2.44. The number of thioether (sulfide) groups is 1. The molecule has 0 aromatic carbocycles. The number of aromatic amines is 1. The fourth-order valence-electron chi connectivity index (χ4n) is 2.71. The van der Waals surface area contributed by atoms with E-state index in [9.17, 15) is 4.79 Å². The SMILES string of the molecule is O=C(c1cn[nH]c1)N(CC1CCCO1)C1CCSC1. The number of carbonyl (C=O) groups excluding carboxylic acids is 1. The predicted octanol–water partition coefficient (Wildman–Crippen LogP) is 1.54. The second-order valence-electron chi connectivity index (χ2n) is 5.10. The molecule has 2 fully saturated rings. The number of aromatic nitrogens is 2. The number of rotatable bonds is 4. The van der Waals surface area contributed by atoms with E-state index >= 15 is 0 Å². The molecule has 0 aliphatic carbocycles. The topological polar surface area (TPSA) is 58.2 Å². The number of hydrogen-bond acceptors (Lipinski definition) is 4. The van der Waals surface area contributed by atoms with Gasteiger partial charge in [-0.15, -0.1) is 0 Å². The molecule has 0 spiro atoms. The zero-order valence-electron chi connectivity index (χ0n) is 10.9. The van der Waals surface area contributed by atoms with Gasteiger partial charge in [-0.05, 0) is 25.0 Å². The number of nitrogens with zero attached hydrogens (tertiary/aromatic N) is 2. The highest BCUT2D eigenvalue weighted by molar-refractivity contribution is 7.99. The number of ether oxygens (including phenoxy) is 1. The van der Waals surface area contributed by atoms with Crippen molar-refractivity contribution in [2.45, 2.75) is 31.4 Å². The van der Waals surface area contributed by atoms with E-state index in [-0.39, 0.29) is 12.0 Å². The lowest BCUT2D eigenvalue weighted by atomic mass is 10.1. The average Bonchev–Trinajstić information content (AvgIpc) is 3.15. The van der Waals surface area contributed by atoms with Gasteiger partial charge in [-0.25, -0.2) is 0 Å². The fraction of sp³-hybridized carbons (Fsp3) is 0.692. The number of amides is 1. The van der Waals surface area contributed by atoms with Gasteiger partial charge in [0.25, 0.3) is 5.91 Å². The largest absolute Gasteiger partial charge is 0.376 e. The highest BCUT2D eigenvalue weighted by Gasteiger charge is 2.31. The Morgan fingerprint density at radius 1 is 1.58 bits per heavy atom. The van der Waals surface area contributed by atoms with Crippen molar-refractivity contribution in [3.63, 3.8) is 0 Å². The summed E-state index contributed by atoms with van der Waals surface area (Å²) in [6.45, 7) is 1.55.